The van der Waals surface area contributed by atoms with E-state index in [4.69, 9.17) is 18.5 Å². The molecule has 0 fully saturated rings. The summed E-state index contributed by atoms with van der Waals surface area (Å²) in [4.78, 5) is 37.2. The van der Waals surface area contributed by atoms with Crippen molar-refractivity contribution < 1.29 is 42.1 Å². The first-order valence-corrected chi connectivity index (χ1v) is 20.0. The topological polar surface area (TPSA) is 111 Å². The van der Waals surface area contributed by atoms with E-state index >= 15 is 0 Å². The molecule has 0 aliphatic rings. The second kappa shape index (κ2) is 31.7. The third-order valence-electron chi connectivity index (χ3n) is 7.29. The van der Waals surface area contributed by atoms with Crippen LogP contribution >= 0.6 is 7.82 Å². The fourth-order valence-corrected chi connectivity index (χ4v) is 5.09. The van der Waals surface area contributed by atoms with Gasteiger partial charge in [0.05, 0.1) is 27.7 Å². The van der Waals surface area contributed by atoms with Gasteiger partial charge >= 0.3 is 11.9 Å². The first kappa shape index (κ1) is 46.7. The molecule has 0 bridgehead atoms. The second-order valence-corrected chi connectivity index (χ2v) is 14.6. The predicted molar refractivity (Wildman–Crippen MR) is 199 cm³/mol. The highest BCUT2D eigenvalue weighted by molar-refractivity contribution is 7.45. The molecule has 9 nitrogen and oxygen atoms in total. The third-order valence-corrected chi connectivity index (χ3v) is 8.25. The monoisotopic (exact) mass is 709 g/mol. The smallest absolute Gasteiger partial charge is 0.306 e. The number of hydrogen-bond donors (Lipinski definition) is 0. The van der Waals surface area contributed by atoms with Crippen LogP contribution in [0.1, 0.15) is 123 Å². The van der Waals surface area contributed by atoms with Gasteiger partial charge in [-0.25, -0.2) is 0 Å². The average molecular weight is 710 g/mol. The summed E-state index contributed by atoms with van der Waals surface area (Å²) in [6.07, 6.45) is 35.6. The van der Waals surface area contributed by atoms with Crippen molar-refractivity contribution in [2.45, 2.75) is 129 Å². The summed E-state index contributed by atoms with van der Waals surface area (Å²) >= 11 is 0. The number of carbonyl (C=O) groups excluding carboxylic acids is 2. The number of esters is 2. The predicted octanol–water partition coefficient (Wildman–Crippen LogP) is 9.10. The highest BCUT2D eigenvalue weighted by atomic mass is 31.2. The maximum atomic E-state index is 12.5. The standard InChI is InChI=1S/C39H68NO8P/c1-6-8-10-12-14-16-18-20-22-24-26-28-30-32-39(42)48-37(36-47-49(43,44)46-34-33-40(3,4)5)35-45-38(41)31-29-27-25-23-21-19-17-15-13-11-9-7-2/h9,11,15,17,20-23,26,28,37H,6-8,10,12-14,16,18-19,24-25,27,29-36H2,1-5H3/b11-9+,17-15+,22-20+,23-21+,28-26+. The highest BCUT2D eigenvalue weighted by Gasteiger charge is 2.21. The molecule has 0 rings (SSSR count). The summed E-state index contributed by atoms with van der Waals surface area (Å²) in [6, 6.07) is 0. The Morgan fingerprint density at radius 2 is 1.20 bits per heavy atom. The SMILES string of the molecule is CC/C=C/C/C=C/C/C=C/CCCCC(=O)OCC(COP(=O)([O-])OCC[N+](C)(C)C)OC(=O)CC/C=C/C/C=C/CCCCCCCC. The Balaban J connectivity index is 4.62. The Morgan fingerprint density at radius 1 is 0.653 bits per heavy atom. The lowest BCUT2D eigenvalue weighted by Gasteiger charge is -2.28. The molecule has 0 aromatic rings. The van der Waals surface area contributed by atoms with Crippen LogP contribution in [0.3, 0.4) is 0 Å². The fourth-order valence-electron chi connectivity index (χ4n) is 4.37. The number of hydrogen-bond acceptors (Lipinski definition) is 8. The van der Waals surface area contributed by atoms with Crippen molar-refractivity contribution in [3.8, 4) is 0 Å². The van der Waals surface area contributed by atoms with Gasteiger partial charge in [0.2, 0.25) is 0 Å². The molecule has 0 spiro atoms. The highest BCUT2D eigenvalue weighted by Crippen LogP contribution is 2.38. The summed E-state index contributed by atoms with van der Waals surface area (Å²) in [6.45, 7) is 3.94. The third kappa shape index (κ3) is 35.3. The number of unbranched alkanes of at least 4 members (excludes halogenated alkanes) is 8. The van der Waals surface area contributed by atoms with Crippen LogP contribution in [0.5, 0.6) is 0 Å². The Hall–Kier alpha value is -2.29. The molecule has 49 heavy (non-hydrogen) atoms. The van der Waals surface area contributed by atoms with Crippen LogP contribution in [0.2, 0.25) is 0 Å². The van der Waals surface area contributed by atoms with Crippen LogP contribution < -0.4 is 4.89 Å². The van der Waals surface area contributed by atoms with E-state index < -0.39 is 32.5 Å². The lowest BCUT2D eigenvalue weighted by Crippen LogP contribution is -2.37. The lowest BCUT2D eigenvalue weighted by atomic mass is 10.1. The zero-order chi connectivity index (χ0) is 36.5. The van der Waals surface area contributed by atoms with Crippen LogP contribution in [0.4, 0.5) is 0 Å². The molecular weight excluding hydrogens is 641 g/mol. The number of rotatable bonds is 32. The number of phosphoric acid groups is 1. The molecule has 2 unspecified atom stereocenters. The van der Waals surface area contributed by atoms with E-state index in [9.17, 15) is 19.0 Å². The van der Waals surface area contributed by atoms with Gasteiger partial charge in [-0.05, 0) is 64.2 Å². The number of phosphoric ester groups is 1. The second-order valence-electron chi connectivity index (χ2n) is 13.2. The molecule has 0 saturated heterocycles. The molecule has 0 aromatic heterocycles. The summed E-state index contributed by atoms with van der Waals surface area (Å²) in [5.74, 6) is -0.969. The molecule has 2 atom stereocenters. The fraction of sp³-hybridized carbons (Fsp3) is 0.692. The Labute approximate surface area is 298 Å². The van der Waals surface area contributed by atoms with Crippen molar-refractivity contribution in [1.82, 2.24) is 0 Å². The molecule has 0 aromatic carbocycles. The molecular formula is C39H68NO8P. The first-order chi connectivity index (χ1) is 23.5. The van der Waals surface area contributed by atoms with E-state index in [-0.39, 0.29) is 26.1 Å². The van der Waals surface area contributed by atoms with Gasteiger partial charge in [-0.3, -0.25) is 14.2 Å². The van der Waals surface area contributed by atoms with Crippen molar-refractivity contribution in [2.24, 2.45) is 0 Å². The normalized spacial score (nSPS) is 14.5. The molecule has 0 aliphatic heterocycles. The van der Waals surface area contributed by atoms with Gasteiger partial charge in [0.15, 0.2) is 6.10 Å². The van der Waals surface area contributed by atoms with Gasteiger partial charge in [0.1, 0.15) is 19.8 Å². The number of carbonyl (C=O) groups is 2. The average Bonchev–Trinajstić information content (AvgIpc) is 3.04. The minimum absolute atomic E-state index is 0.0488. The molecule has 10 heteroatoms. The Bertz CT molecular complexity index is 1030. The quantitative estimate of drug-likeness (QED) is 0.0224. The number of nitrogens with zero attached hydrogens (tertiary/aromatic N) is 1. The van der Waals surface area contributed by atoms with Crippen LogP contribution in [0, 0.1) is 0 Å². The van der Waals surface area contributed by atoms with Crippen molar-refractivity contribution in [1.29, 1.82) is 0 Å². The van der Waals surface area contributed by atoms with Crippen molar-refractivity contribution in [3.63, 3.8) is 0 Å². The van der Waals surface area contributed by atoms with Crippen molar-refractivity contribution >= 4 is 19.8 Å². The molecule has 0 aliphatic carbocycles. The zero-order valence-corrected chi connectivity index (χ0v) is 32.3. The molecule has 0 radical (unpaired) electrons. The molecule has 0 saturated carbocycles. The summed E-state index contributed by atoms with van der Waals surface area (Å²) in [5.41, 5.74) is 0. The van der Waals surface area contributed by atoms with Gasteiger partial charge in [0, 0.05) is 12.8 Å². The van der Waals surface area contributed by atoms with Gasteiger partial charge in [-0.15, -0.1) is 0 Å². The lowest BCUT2D eigenvalue weighted by molar-refractivity contribution is -0.870. The van der Waals surface area contributed by atoms with Crippen molar-refractivity contribution in [2.75, 3.05) is 47.5 Å². The molecule has 0 N–H and O–H groups in total. The summed E-state index contributed by atoms with van der Waals surface area (Å²) in [5, 5.41) is 0. The first-order valence-electron chi connectivity index (χ1n) is 18.5. The number of quaternary nitrogens is 1. The number of ether oxygens (including phenoxy) is 2. The maximum absolute atomic E-state index is 12.5. The van der Waals surface area contributed by atoms with E-state index in [1.165, 1.54) is 38.5 Å². The molecule has 0 heterocycles. The largest absolute Gasteiger partial charge is 0.756 e. The Morgan fingerprint density at radius 3 is 1.82 bits per heavy atom. The van der Waals surface area contributed by atoms with E-state index in [0.29, 0.717) is 23.9 Å². The Kier molecular flexibility index (Phi) is 30.2. The summed E-state index contributed by atoms with van der Waals surface area (Å²) < 4.78 is 33.6. The van der Waals surface area contributed by atoms with Crippen LogP contribution in [-0.2, 0) is 32.7 Å². The minimum atomic E-state index is -4.64. The maximum Gasteiger partial charge on any atom is 0.306 e. The van der Waals surface area contributed by atoms with Crippen LogP contribution in [-0.4, -0.2) is 70.0 Å². The number of likely N-dealkylation sites (N-methyl/N-ethyl adjacent to an activating group) is 1. The zero-order valence-electron chi connectivity index (χ0n) is 31.4. The molecule has 0 amide bonds. The van der Waals surface area contributed by atoms with Crippen LogP contribution in [0.15, 0.2) is 60.8 Å². The van der Waals surface area contributed by atoms with Gasteiger partial charge in [-0.2, -0.15) is 0 Å². The van der Waals surface area contributed by atoms with Gasteiger partial charge < -0.3 is 27.9 Å². The molecule has 282 valence electrons. The number of allylic oxidation sites excluding steroid dienone is 10. The van der Waals surface area contributed by atoms with Crippen LogP contribution in [0.25, 0.3) is 0 Å². The van der Waals surface area contributed by atoms with Gasteiger partial charge in [0.25, 0.3) is 7.82 Å². The van der Waals surface area contributed by atoms with E-state index in [1.54, 1.807) is 0 Å². The summed E-state index contributed by atoms with van der Waals surface area (Å²) in [7, 11) is 1.10. The minimum Gasteiger partial charge on any atom is -0.756 e. The van der Waals surface area contributed by atoms with E-state index in [1.807, 2.05) is 33.3 Å². The van der Waals surface area contributed by atoms with E-state index in [0.717, 1.165) is 44.9 Å². The van der Waals surface area contributed by atoms with Gasteiger partial charge in [-0.1, -0.05) is 107 Å². The van der Waals surface area contributed by atoms with Crippen molar-refractivity contribution in [3.05, 3.63) is 60.8 Å². The van der Waals surface area contributed by atoms with E-state index in [2.05, 4.69) is 62.5 Å².